The maximum atomic E-state index is 9.70. The molecule has 0 aliphatic carbocycles. The third-order valence-electron chi connectivity index (χ3n) is 2.56. The van der Waals surface area contributed by atoms with Gasteiger partial charge in [-0.1, -0.05) is 6.07 Å². The van der Waals surface area contributed by atoms with Gasteiger partial charge in [0, 0.05) is 18.0 Å². The molecule has 1 aromatic heterocycles. The van der Waals surface area contributed by atoms with Crippen LogP contribution in [0.25, 0.3) is 0 Å². The molecule has 0 aromatic carbocycles. The van der Waals surface area contributed by atoms with Crippen LogP contribution >= 0.6 is 0 Å². The molecular formula is C10H13NO4. The van der Waals surface area contributed by atoms with E-state index in [0.29, 0.717) is 5.56 Å². The predicted molar refractivity (Wildman–Crippen MR) is 51.0 cm³/mol. The minimum absolute atomic E-state index is 0.311. The normalized spacial score (nSPS) is 35.7. The molecule has 2 rings (SSSR count). The number of aliphatic hydroxyl groups excluding tert-OH is 3. The molecule has 15 heavy (non-hydrogen) atoms. The molecule has 82 valence electrons. The summed E-state index contributed by atoms with van der Waals surface area (Å²) in [6.07, 6.45) is -0.242. The molecule has 2 heterocycles. The Morgan fingerprint density at radius 1 is 1.33 bits per heavy atom. The highest BCUT2D eigenvalue weighted by atomic mass is 16.6. The summed E-state index contributed by atoms with van der Waals surface area (Å²) in [6.45, 7) is -0.311. The number of rotatable bonds is 2. The highest BCUT2D eigenvalue weighted by molar-refractivity contribution is 5.16. The lowest BCUT2D eigenvalue weighted by molar-refractivity contribution is -0.0228. The lowest BCUT2D eigenvalue weighted by atomic mass is 10.0. The number of hydrogen-bond acceptors (Lipinski definition) is 5. The third kappa shape index (κ3) is 1.87. The summed E-state index contributed by atoms with van der Waals surface area (Å²) in [4.78, 5) is 3.90. The Balaban J connectivity index is 2.19. The lowest BCUT2D eigenvalue weighted by Gasteiger charge is -2.13. The Bertz CT molecular complexity index is 318. The molecule has 1 fully saturated rings. The molecule has 1 aliphatic heterocycles. The molecule has 1 saturated heterocycles. The molecule has 5 nitrogen and oxygen atoms in total. The van der Waals surface area contributed by atoms with Gasteiger partial charge >= 0.3 is 0 Å². The first-order valence-electron chi connectivity index (χ1n) is 4.76. The number of aromatic nitrogens is 1. The van der Waals surface area contributed by atoms with Crippen LogP contribution in [0.4, 0.5) is 0 Å². The third-order valence-corrected chi connectivity index (χ3v) is 2.56. The van der Waals surface area contributed by atoms with Gasteiger partial charge in [-0.15, -0.1) is 0 Å². The molecule has 3 N–H and O–H groups in total. The molecule has 4 atom stereocenters. The summed E-state index contributed by atoms with van der Waals surface area (Å²) in [5.74, 6) is 0. The van der Waals surface area contributed by atoms with E-state index in [2.05, 4.69) is 4.98 Å². The van der Waals surface area contributed by atoms with Crippen LogP contribution in [0.5, 0.6) is 0 Å². The minimum Gasteiger partial charge on any atom is -0.394 e. The van der Waals surface area contributed by atoms with Crippen molar-refractivity contribution in [3.8, 4) is 0 Å². The predicted octanol–water partition coefficient (Wildman–Crippen LogP) is -0.764. The van der Waals surface area contributed by atoms with Gasteiger partial charge in [0.2, 0.25) is 0 Å². The van der Waals surface area contributed by atoms with E-state index in [1.807, 2.05) is 0 Å². The molecular weight excluding hydrogens is 198 g/mol. The van der Waals surface area contributed by atoms with Crippen molar-refractivity contribution >= 4 is 0 Å². The van der Waals surface area contributed by atoms with E-state index in [1.54, 1.807) is 24.5 Å². The van der Waals surface area contributed by atoms with Crippen LogP contribution in [0.15, 0.2) is 24.5 Å². The van der Waals surface area contributed by atoms with E-state index in [9.17, 15) is 10.2 Å². The Labute approximate surface area is 87.0 Å². The Morgan fingerprint density at radius 2 is 2.13 bits per heavy atom. The zero-order valence-electron chi connectivity index (χ0n) is 8.02. The molecule has 0 amide bonds. The number of hydrogen-bond donors (Lipinski definition) is 3. The zero-order chi connectivity index (χ0) is 10.8. The summed E-state index contributed by atoms with van der Waals surface area (Å²) >= 11 is 0. The average molecular weight is 211 g/mol. The molecule has 5 heteroatoms. The highest BCUT2D eigenvalue weighted by Gasteiger charge is 2.42. The number of nitrogens with zero attached hydrogens (tertiary/aromatic N) is 1. The van der Waals surface area contributed by atoms with Gasteiger partial charge in [-0.05, 0) is 6.07 Å². The molecule has 0 bridgehead atoms. The van der Waals surface area contributed by atoms with E-state index < -0.39 is 24.4 Å². The van der Waals surface area contributed by atoms with Crippen LogP contribution in [-0.4, -0.2) is 45.2 Å². The quantitative estimate of drug-likeness (QED) is 0.598. The van der Waals surface area contributed by atoms with Gasteiger partial charge < -0.3 is 20.1 Å². The molecule has 0 spiro atoms. The van der Waals surface area contributed by atoms with Crippen molar-refractivity contribution in [2.75, 3.05) is 6.61 Å². The Kier molecular flexibility index (Phi) is 2.97. The lowest BCUT2D eigenvalue weighted by Crippen LogP contribution is -2.32. The second-order valence-electron chi connectivity index (χ2n) is 3.55. The second-order valence-corrected chi connectivity index (χ2v) is 3.55. The first kappa shape index (κ1) is 10.5. The zero-order valence-corrected chi connectivity index (χ0v) is 8.02. The van der Waals surface area contributed by atoms with Crippen LogP contribution in [0.1, 0.15) is 11.7 Å². The second kappa shape index (κ2) is 4.24. The SMILES string of the molecule is OC[C@H]1O[C@@H](c2cccnc2)[C@H](O)[C@@H]1O. The summed E-state index contributed by atoms with van der Waals surface area (Å²) < 4.78 is 5.33. The molecule has 1 aliphatic rings. The monoisotopic (exact) mass is 211 g/mol. The summed E-state index contributed by atoms with van der Waals surface area (Å²) in [7, 11) is 0. The van der Waals surface area contributed by atoms with Gasteiger partial charge in [-0.25, -0.2) is 0 Å². The number of aliphatic hydroxyl groups is 3. The fraction of sp³-hybridized carbons (Fsp3) is 0.500. The van der Waals surface area contributed by atoms with Crippen molar-refractivity contribution in [3.63, 3.8) is 0 Å². The van der Waals surface area contributed by atoms with Crippen molar-refractivity contribution < 1.29 is 20.1 Å². The van der Waals surface area contributed by atoms with Crippen molar-refractivity contribution in [2.24, 2.45) is 0 Å². The fourth-order valence-corrected chi connectivity index (χ4v) is 1.72. The number of ether oxygens (including phenoxy) is 1. The highest BCUT2D eigenvalue weighted by Crippen LogP contribution is 2.32. The van der Waals surface area contributed by atoms with E-state index >= 15 is 0 Å². The van der Waals surface area contributed by atoms with Crippen molar-refractivity contribution in [2.45, 2.75) is 24.4 Å². The largest absolute Gasteiger partial charge is 0.394 e. The molecule has 0 saturated carbocycles. The first-order chi connectivity index (χ1) is 7.24. The molecule has 1 aromatic rings. The van der Waals surface area contributed by atoms with Gasteiger partial charge in [-0.2, -0.15) is 0 Å². The fourth-order valence-electron chi connectivity index (χ4n) is 1.72. The van der Waals surface area contributed by atoms with Crippen LogP contribution in [0, 0.1) is 0 Å². The average Bonchev–Trinajstić information content (AvgIpc) is 2.57. The Hall–Kier alpha value is -1.01. The van der Waals surface area contributed by atoms with E-state index in [1.165, 1.54) is 0 Å². The van der Waals surface area contributed by atoms with Crippen molar-refractivity contribution in [3.05, 3.63) is 30.1 Å². The van der Waals surface area contributed by atoms with Gasteiger partial charge in [0.05, 0.1) is 6.61 Å². The Morgan fingerprint density at radius 3 is 2.67 bits per heavy atom. The van der Waals surface area contributed by atoms with E-state index in [4.69, 9.17) is 9.84 Å². The van der Waals surface area contributed by atoms with E-state index in [0.717, 1.165) is 0 Å². The van der Waals surface area contributed by atoms with Crippen LogP contribution in [0.2, 0.25) is 0 Å². The van der Waals surface area contributed by atoms with Crippen molar-refractivity contribution in [1.29, 1.82) is 0 Å². The number of pyridine rings is 1. The van der Waals surface area contributed by atoms with Gasteiger partial charge in [-0.3, -0.25) is 4.98 Å². The maximum Gasteiger partial charge on any atom is 0.113 e. The van der Waals surface area contributed by atoms with Crippen molar-refractivity contribution in [1.82, 2.24) is 4.98 Å². The minimum atomic E-state index is -1.06. The van der Waals surface area contributed by atoms with Gasteiger partial charge in [0.25, 0.3) is 0 Å². The molecule has 0 radical (unpaired) electrons. The standard InChI is InChI=1S/C10H13NO4/c12-5-7-8(13)9(14)10(15-7)6-2-1-3-11-4-6/h1-4,7-10,12-14H,5H2/t7-,8-,9-,10+/m1/s1. The van der Waals surface area contributed by atoms with Crippen LogP contribution < -0.4 is 0 Å². The topological polar surface area (TPSA) is 82.8 Å². The smallest absolute Gasteiger partial charge is 0.113 e. The van der Waals surface area contributed by atoms with Crippen LogP contribution in [-0.2, 0) is 4.74 Å². The molecule has 0 unspecified atom stereocenters. The maximum absolute atomic E-state index is 9.70. The van der Waals surface area contributed by atoms with E-state index in [-0.39, 0.29) is 6.61 Å². The van der Waals surface area contributed by atoms with Gasteiger partial charge in [0.15, 0.2) is 0 Å². The van der Waals surface area contributed by atoms with Gasteiger partial charge in [0.1, 0.15) is 24.4 Å². The summed E-state index contributed by atoms with van der Waals surface area (Å²) in [6, 6.07) is 3.48. The summed E-state index contributed by atoms with van der Waals surface area (Å²) in [5.41, 5.74) is 0.694. The van der Waals surface area contributed by atoms with Crippen LogP contribution in [0.3, 0.4) is 0 Å². The summed E-state index contributed by atoms with van der Waals surface area (Å²) in [5, 5.41) is 28.1. The first-order valence-corrected chi connectivity index (χ1v) is 4.76.